The van der Waals surface area contributed by atoms with Gasteiger partial charge in [0.25, 0.3) is 0 Å². The van der Waals surface area contributed by atoms with Crippen molar-refractivity contribution in [3.63, 3.8) is 0 Å². The van der Waals surface area contributed by atoms with Crippen molar-refractivity contribution in [1.29, 1.82) is 0 Å². The molecule has 1 unspecified atom stereocenters. The Morgan fingerprint density at radius 1 is 1.29 bits per heavy atom. The van der Waals surface area contributed by atoms with Gasteiger partial charge < -0.3 is 14.3 Å². The topological polar surface area (TPSA) is 71.6 Å². The van der Waals surface area contributed by atoms with E-state index in [2.05, 4.69) is 10.2 Å². The van der Waals surface area contributed by atoms with Crippen LogP contribution in [0.4, 0.5) is 4.39 Å². The standard InChI is InChI=1S/C14H16FN3O3/c15-11-3-1-10(2-4-11)14-17-16-13(21-14)7-18-5-6-20-9-12(18)8-19/h1-4,12,19H,5-9H2. The van der Waals surface area contributed by atoms with E-state index in [1.165, 1.54) is 12.1 Å². The Morgan fingerprint density at radius 2 is 2.10 bits per heavy atom. The van der Waals surface area contributed by atoms with Gasteiger partial charge in [-0.25, -0.2) is 4.39 Å². The van der Waals surface area contributed by atoms with Gasteiger partial charge in [-0.1, -0.05) is 0 Å². The number of hydrogen-bond acceptors (Lipinski definition) is 6. The Labute approximate surface area is 121 Å². The summed E-state index contributed by atoms with van der Waals surface area (Å²) in [6.45, 7) is 2.31. The molecule has 0 spiro atoms. The molecule has 1 aromatic heterocycles. The smallest absolute Gasteiger partial charge is 0.247 e. The van der Waals surface area contributed by atoms with Gasteiger partial charge in [0.2, 0.25) is 11.8 Å². The molecule has 1 aliphatic heterocycles. The van der Waals surface area contributed by atoms with E-state index in [0.717, 1.165) is 0 Å². The Hall–Kier alpha value is -1.83. The minimum Gasteiger partial charge on any atom is -0.419 e. The molecule has 0 saturated carbocycles. The summed E-state index contributed by atoms with van der Waals surface area (Å²) in [5.41, 5.74) is 0.677. The van der Waals surface area contributed by atoms with Gasteiger partial charge in [-0.2, -0.15) is 0 Å². The maximum Gasteiger partial charge on any atom is 0.247 e. The maximum absolute atomic E-state index is 12.9. The Balaban J connectivity index is 1.71. The summed E-state index contributed by atoms with van der Waals surface area (Å²) in [5.74, 6) is 0.520. The van der Waals surface area contributed by atoms with Crippen LogP contribution in [0.5, 0.6) is 0 Å². The highest BCUT2D eigenvalue weighted by molar-refractivity contribution is 5.51. The summed E-state index contributed by atoms with van der Waals surface area (Å²) < 4.78 is 23.8. The van der Waals surface area contributed by atoms with Crippen molar-refractivity contribution in [1.82, 2.24) is 15.1 Å². The molecule has 1 atom stereocenters. The van der Waals surface area contributed by atoms with Gasteiger partial charge in [-0.05, 0) is 24.3 Å². The lowest BCUT2D eigenvalue weighted by atomic mass is 10.2. The number of ether oxygens (including phenoxy) is 1. The first-order valence-electron chi connectivity index (χ1n) is 6.77. The summed E-state index contributed by atoms with van der Waals surface area (Å²) >= 11 is 0. The molecule has 3 rings (SSSR count). The number of benzene rings is 1. The van der Waals surface area contributed by atoms with Crippen molar-refractivity contribution in [2.24, 2.45) is 0 Å². The molecule has 1 fully saturated rings. The summed E-state index contributed by atoms with van der Waals surface area (Å²) in [4.78, 5) is 2.05. The van der Waals surface area contributed by atoms with Gasteiger partial charge in [0.05, 0.1) is 32.4 Å². The molecule has 2 heterocycles. The number of halogens is 1. The van der Waals surface area contributed by atoms with Crippen molar-refractivity contribution < 1.29 is 18.7 Å². The SMILES string of the molecule is OCC1COCCN1Cc1nnc(-c2ccc(F)cc2)o1. The molecule has 112 valence electrons. The Morgan fingerprint density at radius 3 is 2.86 bits per heavy atom. The van der Waals surface area contributed by atoms with Crippen LogP contribution in [0, 0.1) is 5.82 Å². The van der Waals surface area contributed by atoms with E-state index in [1.807, 2.05) is 4.90 Å². The number of aliphatic hydroxyl groups excluding tert-OH is 1. The lowest BCUT2D eigenvalue weighted by Crippen LogP contribution is -2.46. The van der Waals surface area contributed by atoms with Crippen molar-refractivity contribution in [3.8, 4) is 11.5 Å². The number of aliphatic hydroxyl groups is 1. The van der Waals surface area contributed by atoms with E-state index in [9.17, 15) is 9.50 Å². The zero-order chi connectivity index (χ0) is 14.7. The summed E-state index contributed by atoms with van der Waals surface area (Å²) in [5, 5.41) is 17.3. The maximum atomic E-state index is 12.9. The second-order valence-corrected chi connectivity index (χ2v) is 4.89. The second kappa shape index (κ2) is 6.30. The predicted molar refractivity (Wildman–Crippen MR) is 71.8 cm³/mol. The zero-order valence-corrected chi connectivity index (χ0v) is 11.4. The van der Waals surface area contributed by atoms with E-state index in [1.54, 1.807) is 12.1 Å². The molecule has 0 bridgehead atoms. The summed E-state index contributed by atoms with van der Waals surface area (Å²) in [6, 6.07) is 5.83. The number of nitrogens with zero attached hydrogens (tertiary/aromatic N) is 3. The third kappa shape index (κ3) is 3.26. The molecule has 21 heavy (non-hydrogen) atoms. The average Bonchev–Trinajstić information content (AvgIpc) is 2.97. The average molecular weight is 293 g/mol. The molecular weight excluding hydrogens is 277 g/mol. The van der Waals surface area contributed by atoms with Gasteiger partial charge in [-0.15, -0.1) is 10.2 Å². The van der Waals surface area contributed by atoms with Gasteiger partial charge in [0.1, 0.15) is 5.82 Å². The normalized spacial score (nSPS) is 19.8. The van der Waals surface area contributed by atoms with E-state index in [0.29, 0.717) is 43.6 Å². The third-order valence-electron chi connectivity index (χ3n) is 3.46. The minimum absolute atomic E-state index is 0.0267. The molecule has 1 aromatic carbocycles. The lowest BCUT2D eigenvalue weighted by Gasteiger charge is -2.33. The number of hydrogen-bond donors (Lipinski definition) is 1. The third-order valence-corrected chi connectivity index (χ3v) is 3.46. The van der Waals surface area contributed by atoms with Crippen LogP contribution >= 0.6 is 0 Å². The fourth-order valence-corrected chi connectivity index (χ4v) is 2.27. The van der Waals surface area contributed by atoms with E-state index < -0.39 is 0 Å². The largest absolute Gasteiger partial charge is 0.419 e. The van der Waals surface area contributed by atoms with Crippen LogP contribution < -0.4 is 0 Å². The van der Waals surface area contributed by atoms with Crippen LogP contribution in [-0.4, -0.2) is 52.6 Å². The Bertz CT molecular complexity index is 587. The first-order valence-corrected chi connectivity index (χ1v) is 6.77. The van der Waals surface area contributed by atoms with Crippen molar-refractivity contribution in [2.75, 3.05) is 26.4 Å². The first kappa shape index (κ1) is 14.1. The van der Waals surface area contributed by atoms with Gasteiger partial charge in [-0.3, -0.25) is 4.90 Å². The second-order valence-electron chi connectivity index (χ2n) is 4.89. The Kier molecular flexibility index (Phi) is 4.23. The predicted octanol–water partition coefficient (Wildman–Crippen LogP) is 1.07. The van der Waals surface area contributed by atoms with Crippen LogP contribution in [0.1, 0.15) is 5.89 Å². The van der Waals surface area contributed by atoms with Gasteiger partial charge >= 0.3 is 0 Å². The van der Waals surface area contributed by atoms with Crippen LogP contribution in [-0.2, 0) is 11.3 Å². The highest BCUT2D eigenvalue weighted by Gasteiger charge is 2.24. The lowest BCUT2D eigenvalue weighted by molar-refractivity contribution is -0.0342. The molecule has 1 aliphatic rings. The monoisotopic (exact) mass is 293 g/mol. The molecule has 1 N–H and O–H groups in total. The van der Waals surface area contributed by atoms with Crippen molar-refractivity contribution in [2.45, 2.75) is 12.6 Å². The molecular formula is C14H16FN3O3. The van der Waals surface area contributed by atoms with Crippen LogP contribution in [0.3, 0.4) is 0 Å². The van der Waals surface area contributed by atoms with Crippen LogP contribution in [0.15, 0.2) is 28.7 Å². The van der Waals surface area contributed by atoms with Gasteiger partial charge in [0, 0.05) is 12.1 Å². The highest BCUT2D eigenvalue weighted by atomic mass is 19.1. The van der Waals surface area contributed by atoms with Crippen molar-refractivity contribution >= 4 is 0 Å². The van der Waals surface area contributed by atoms with Gasteiger partial charge in [0.15, 0.2) is 0 Å². The summed E-state index contributed by atoms with van der Waals surface area (Å²) in [6.07, 6.45) is 0. The van der Waals surface area contributed by atoms with Crippen molar-refractivity contribution in [3.05, 3.63) is 36.0 Å². The minimum atomic E-state index is -0.308. The fraction of sp³-hybridized carbons (Fsp3) is 0.429. The van der Waals surface area contributed by atoms with E-state index in [-0.39, 0.29) is 18.5 Å². The quantitative estimate of drug-likeness (QED) is 0.909. The number of aromatic nitrogens is 2. The molecule has 2 aromatic rings. The molecule has 6 nitrogen and oxygen atoms in total. The summed E-state index contributed by atoms with van der Waals surface area (Å²) in [7, 11) is 0. The fourth-order valence-electron chi connectivity index (χ4n) is 2.27. The highest BCUT2D eigenvalue weighted by Crippen LogP contribution is 2.19. The van der Waals surface area contributed by atoms with Crippen LogP contribution in [0.2, 0.25) is 0 Å². The zero-order valence-electron chi connectivity index (χ0n) is 11.4. The van der Waals surface area contributed by atoms with E-state index >= 15 is 0 Å². The molecule has 0 amide bonds. The van der Waals surface area contributed by atoms with E-state index in [4.69, 9.17) is 9.15 Å². The molecule has 0 aliphatic carbocycles. The number of rotatable bonds is 4. The molecule has 1 saturated heterocycles. The van der Waals surface area contributed by atoms with Crippen LogP contribution in [0.25, 0.3) is 11.5 Å². The molecule has 0 radical (unpaired) electrons. The number of morpholine rings is 1. The molecule has 7 heteroatoms. The first-order chi connectivity index (χ1) is 10.3.